The number of amides is 1. The van der Waals surface area contributed by atoms with Gasteiger partial charge in [0, 0.05) is 36.2 Å². The van der Waals surface area contributed by atoms with E-state index < -0.39 is 0 Å². The summed E-state index contributed by atoms with van der Waals surface area (Å²) in [6.07, 6.45) is 4.60. The van der Waals surface area contributed by atoms with Crippen molar-refractivity contribution >= 4 is 38.4 Å². The molecule has 1 aliphatic carbocycles. The molecule has 1 fully saturated rings. The van der Waals surface area contributed by atoms with Crippen LogP contribution in [0.4, 0.5) is 5.82 Å². The molecule has 138 valence electrons. The maximum absolute atomic E-state index is 12.3. The molecule has 0 atom stereocenters. The third-order valence-corrected chi connectivity index (χ3v) is 5.41. The van der Waals surface area contributed by atoms with Crippen molar-refractivity contribution in [2.24, 2.45) is 0 Å². The Kier molecular flexibility index (Phi) is 5.50. The summed E-state index contributed by atoms with van der Waals surface area (Å²) in [5.41, 5.74) is 1.33. The lowest BCUT2D eigenvalue weighted by Gasteiger charge is -2.22. The lowest BCUT2D eigenvalue weighted by molar-refractivity contribution is -0.116. The summed E-state index contributed by atoms with van der Waals surface area (Å²) in [5.74, 6) is 0.601. The van der Waals surface area contributed by atoms with E-state index in [1.807, 2.05) is 6.07 Å². The van der Waals surface area contributed by atoms with Crippen molar-refractivity contribution in [2.45, 2.75) is 31.8 Å². The smallest absolute Gasteiger partial charge is 0.226 e. The van der Waals surface area contributed by atoms with Gasteiger partial charge in [-0.3, -0.25) is 9.69 Å². The summed E-state index contributed by atoms with van der Waals surface area (Å²) >= 11 is 3.35. The molecule has 1 aromatic heterocycles. The van der Waals surface area contributed by atoms with E-state index in [9.17, 15) is 4.79 Å². The fraction of sp³-hybridized carbons (Fsp3) is 0.273. The Morgan fingerprint density at radius 3 is 2.70 bits per heavy atom. The summed E-state index contributed by atoms with van der Waals surface area (Å²) in [5, 5.41) is 5.45. The van der Waals surface area contributed by atoms with Crippen molar-refractivity contribution in [2.75, 3.05) is 11.9 Å². The average molecular weight is 424 g/mol. The van der Waals surface area contributed by atoms with E-state index in [1.165, 1.54) is 29.2 Å². The predicted molar refractivity (Wildman–Crippen MR) is 113 cm³/mol. The van der Waals surface area contributed by atoms with Crippen LogP contribution in [0.2, 0.25) is 0 Å². The van der Waals surface area contributed by atoms with Gasteiger partial charge >= 0.3 is 0 Å². The number of anilines is 1. The second kappa shape index (κ2) is 8.19. The zero-order chi connectivity index (χ0) is 18.6. The highest BCUT2D eigenvalue weighted by Gasteiger charge is 2.29. The van der Waals surface area contributed by atoms with Crippen LogP contribution in [0, 0.1) is 0 Å². The van der Waals surface area contributed by atoms with Crippen molar-refractivity contribution in [1.82, 2.24) is 9.88 Å². The molecule has 1 saturated carbocycles. The third kappa shape index (κ3) is 4.73. The first-order chi connectivity index (χ1) is 13.2. The van der Waals surface area contributed by atoms with E-state index in [0.29, 0.717) is 18.3 Å². The molecule has 2 aromatic carbocycles. The van der Waals surface area contributed by atoms with Gasteiger partial charge in [-0.15, -0.1) is 0 Å². The van der Waals surface area contributed by atoms with E-state index in [4.69, 9.17) is 0 Å². The average Bonchev–Trinajstić information content (AvgIpc) is 3.52. The molecule has 0 bridgehead atoms. The molecule has 1 aliphatic rings. The lowest BCUT2D eigenvalue weighted by atomic mass is 10.0. The Morgan fingerprint density at radius 1 is 1.11 bits per heavy atom. The first-order valence-corrected chi connectivity index (χ1v) is 10.1. The van der Waals surface area contributed by atoms with Gasteiger partial charge in [0.1, 0.15) is 5.82 Å². The van der Waals surface area contributed by atoms with Crippen LogP contribution in [-0.2, 0) is 11.3 Å². The second-order valence-corrected chi connectivity index (χ2v) is 7.92. The van der Waals surface area contributed by atoms with Crippen LogP contribution in [0.5, 0.6) is 0 Å². The number of rotatable bonds is 7. The molecule has 0 unspecified atom stereocenters. The van der Waals surface area contributed by atoms with Gasteiger partial charge in [0.25, 0.3) is 0 Å². The maximum Gasteiger partial charge on any atom is 0.226 e. The quantitative estimate of drug-likeness (QED) is 0.581. The molecule has 1 N–H and O–H groups in total. The van der Waals surface area contributed by atoms with Gasteiger partial charge < -0.3 is 5.32 Å². The summed E-state index contributed by atoms with van der Waals surface area (Å²) in [7, 11) is 0. The molecule has 0 aliphatic heterocycles. The Hall–Kier alpha value is -2.24. The standard InChI is InChI=1S/C22H22BrN3O/c23-18-8-11-21(24-14-18)25-22(27)12-13-26(19-9-10-19)15-17-6-3-5-16-4-1-2-7-20(16)17/h1-8,11,14,19H,9-10,12-13,15H2,(H,24,25,27). The number of carbonyl (C=O) groups is 1. The number of pyridine rings is 1. The topological polar surface area (TPSA) is 45.2 Å². The molecular weight excluding hydrogens is 402 g/mol. The lowest BCUT2D eigenvalue weighted by Crippen LogP contribution is -2.29. The summed E-state index contributed by atoms with van der Waals surface area (Å²) in [6, 6.07) is 19.2. The van der Waals surface area contributed by atoms with E-state index in [0.717, 1.165) is 17.6 Å². The Morgan fingerprint density at radius 2 is 1.93 bits per heavy atom. The molecule has 1 heterocycles. The number of hydrogen-bond acceptors (Lipinski definition) is 3. The highest BCUT2D eigenvalue weighted by atomic mass is 79.9. The number of benzene rings is 2. The normalized spacial score (nSPS) is 13.9. The van der Waals surface area contributed by atoms with E-state index in [1.54, 1.807) is 12.3 Å². The van der Waals surface area contributed by atoms with Crippen LogP contribution in [0.25, 0.3) is 10.8 Å². The predicted octanol–water partition coefficient (Wildman–Crippen LogP) is 4.99. The van der Waals surface area contributed by atoms with Crippen LogP contribution in [0.3, 0.4) is 0 Å². The Labute approximate surface area is 167 Å². The molecule has 0 saturated heterocycles. The number of fused-ring (bicyclic) bond motifs is 1. The van der Waals surface area contributed by atoms with Crippen molar-refractivity contribution < 1.29 is 4.79 Å². The molecule has 0 radical (unpaired) electrons. The largest absolute Gasteiger partial charge is 0.311 e. The van der Waals surface area contributed by atoms with E-state index in [-0.39, 0.29) is 5.91 Å². The molecule has 0 spiro atoms. The zero-order valence-electron chi connectivity index (χ0n) is 15.1. The monoisotopic (exact) mass is 423 g/mol. The van der Waals surface area contributed by atoms with Gasteiger partial charge in [-0.1, -0.05) is 42.5 Å². The SMILES string of the molecule is O=C(CCN(Cc1cccc2ccccc12)C1CC1)Nc1ccc(Br)cn1. The highest BCUT2D eigenvalue weighted by molar-refractivity contribution is 9.10. The fourth-order valence-electron chi connectivity index (χ4n) is 3.38. The zero-order valence-corrected chi connectivity index (χ0v) is 16.7. The van der Waals surface area contributed by atoms with Crippen LogP contribution in [0.15, 0.2) is 65.3 Å². The molecule has 3 aromatic rings. The van der Waals surface area contributed by atoms with Crippen LogP contribution in [-0.4, -0.2) is 28.4 Å². The highest BCUT2D eigenvalue weighted by Crippen LogP contribution is 2.30. The molecule has 27 heavy (non-hydrogen) atoms. The van der Waals surface area contributed by atoms with Gasteiger partial charge in [0.05, 0.1) is 0 Å². The van der Waals surface area contributed by atoms with Crippen molar-refractivity contribution in [3.05, 3.63) is 70.8 Å². The minimum atomic E-state index is 0.00777. The van der Waals surface area contributed by atoms with Crippen LogP contribution in [0.1, 0.15) is 24.8 Å². The first-order valence-electron chi connectivity index (χ1n) is 9.31. The Balaban J connectivity index is 1.39. The van der Waals surface area contributed by atoms with Gasteiger partial charge in [-0.05, 0) is 57.2 Å². The van der Waals surface area contributed by atoms with Crippen LogP contribution < -0.4 is 5.32 Å². The van der Waals surface area contributed by atoms with E-state index >= 15 is 0 Å². The van der Waals surface area contributed by atoms with Crippen molar-refractivity contribution in [1.29, 1.82) is 0 Å². The number of nitrogens with zero attached hydrogens (tertiary/aromatic N) is 2. The van der Waals surface area contributed by atoms with E-state index in [2.05, 4.69) is 73.6 Å². The minimum Gasteiger partial charge on any atom is -0.311 e. The number of hydrogen-bond donors (Lipinski definition) is 1. The number of carbonyl (C=O) groups excluding carboxylic acids is 1. The molecule has 4 rings (SSSR count). The summed E-state index contributed by atoms with van der Waals surface area (Å²) < 4.78 is 0.899. The van der Waals surface area contributed by atoms with Crippen molar-refractivity contribution in [3.8, 4) is 0 Å². The fourth-order valence-corrected chi connectivity index (χ4v) is 3.61. The Bertz CT molecular complexity index is 932. The molecule has 1 amide bonds. The second-order valence-electron chi connectivity index (χ2n) is 7.00. The maximum atomic E-state index is 12.3. The number of halogens is 1. The van der Waals surface area contributed by atoms with Gasteiger partial charge in [0.2, 0.25) is 5.91 Å². The first kappa shape index (κ1) is 18.1. The van der Waals surface area contributed by atoms with Crippen LogP contribution >= 0.6 is 15.9 Å². The number of aromatic nitrogens is 1. The van der Waals surface area contributed by atoms with Gasteiger partial charge in [0.15, 0.2) is 0 Å². The molecular formula is C22H22BrN3O. The molecule has 5 heteroatoms. The third-order valence-electron chi connectivity index (χ3n) is 4.94. The molecule has 4 nitrogen and oxygen atoms in total. The minimum absolute atomic E-state index is 0.00777. The van der Waals surface area contributed by atoms with Gasteiger partial charge in [-0.25, -0.2) is 4.98 Å². The van der Waals surface area contributed by atoms with Gasteiger partial charge in [-0.2, -0.15) is 0 Å². The summed E-state index contributed by atoms with van der Waals surface area (Å²) in [4.78, 5) is 19.0. The van der Waals surface area contributed by atoms with Crippen molar-refractivity contribution in [3.63, 3.8) is 0 Å². The number of nitrogens with one attached hydrogen (secondary N) is 1. The summed E-state index contributed by atoms with van der Waals surface area (Å²) in [6.45, 7) is 1.64.